The number of carbonyl (C=O) groups is 1. The molecule has 0 atom stereocenters. The highest BCUT2D eigenvalue weighted by molar-refractivity contribution is 6.07. The predicted molar refractivity (Wildman–Crippen MR) is 118 cm³/mol. The molecule has 3 aromatic carbocycles. The summed E-state index contributed by atoms with van der Waals surface area (Å²) in [6.07, 6.45) is 8.31. The molecule has 0 bridgehead atoms. The monoisotopic (exact) mass is 370 g/mol. The number of unbranched alkanes of at least 4 members (excludes halogenated alkanes) is 2. The lowest BCUT2D eigenvalue weighted by molar-refractivity contribution is 0.0957. The summed E-state index contributed by atoms with van der Waals surface area (Å²) in [6.45, 7) is 2.19. The number of nitrogens with one attached hydrogen (secondary N) is 1. The third-order valence-corrected chi connectivity index (χ3v) is 4.65. The molecule has 1 amide bonds. The molecule has 28 heavy (non-hydrogen) atoms. The number of allylic oxidation sites excluding steroid dienone is 1. The first kappa shape index (κ1) is 19.6. The summed E-state index contributed by atoms with van der Waals surface area (Å²) >= 11 is 0. The van der Waals surface area contributed by atoms with Gasteiger partial charge in [-0.3, -0.25) is 4.79 Å². The van der Waals surface area contributed by atoms with Crippen LogP contribution in [0.1, 0.15) is 48.5 Å². The summed E-state index contributed by atoms with van der Waals surface area (Å²) in [4.78, 5) is 12.6. The van der Waals surface area contributed by atoms with Gasteiger partial charge in [0.05, 0.1) is 6.21 Å². The number of benzene rings is 3. The summed E-state index contributed by atoms with van der Waals surface area (Å²) in [6, 6.07) is 23.8. The standard InChI is InChI=1S/C25H26N2O/c1-2-3-5-13-21(18-20-11-6-4-7-12-20)19-26-27-25(28)24-17-10-15-22-14-8-9-16-23(22)24/h4,6-12,14-19H,2-3,5,13H2,1H3,(H,27,28)/b21-18-,26-19-. The van der Waals surface area contributed by atoms with Crippen molar-refractivity contribution in [2.24, 2.45) is 5.10 Å². The van der Waals surface area contributed by atoms with Crippen molar-refractivity contribution < 1.29 is 4.79 Å². The number of carbonyl (C=O) groups excluding carboxylic acids is 1. The second-order valence-corrected chi connectivity index (χ2v) is 6.81. The number of nitrogens with zero attached hydrogens (tertiary/aromatic N) is 1. The molecule has 3 rings (SSSR count). The van der Waals surface area contributed by atoms with Crippen molar-refractivity contribution in [3.63, 3.8) is 0 Å². The normalized spacial score (nSPS) is 11.8. The van der Waals surface area contributed by atoms with Crippen LogP contribution in [-0.4, -0.2) is 12.1 Å². The molecule has 0 aliphatic rings. The van der Waals surface area contributed by atoms with E-state index < -0.39 is 0 Å². The van der Waals surface area contributed by atoms with Gasteiger partial charge in [0.25, 0.3) is 5.91 Å². The highest BCUT2D eigenvalue weighted by atomic mass is 16.2. The van der Waals surface area contributed by atoms with E-state index in [0.717, 1.165) is 34.8 Å². The zero-order valence-electron chi connectivity index (χ0n) is 16.3. The lowest BCUT2D eigenvalue weighted by Gasteiger charge is -2.06. The summed E-state index contributed by atoms with van der Waals surface area (Å²) in [7, 11) is 0. The highest BCUT2D eigenvalue weighted by Gasteiger charge is 2.08. The van der Waals surface area contributed by atoms with E-state index in [4.69, 9.17) is 0 Å². The Hall–Kier alpha value is -3.20. The van der Waals surface area contributed by atoms with E-state index in [1.54, 1.807) is 6.21 Å². The SMILES string of the molecule is CCCCCC(/C=N\NC(=O)c1cccc2ccccc12)=C/c1ccccc1. The van der Waals surface area contributed by atoms with Gasteiger partial charge in [0.15, 0.2) is 0 Å². The fourth-order valence-corrected chi connectivity index (χ4v) is 3.17. The van der Waals surface area contributed by atoms with Gasteiger partial charge >= 0.3 is 0 Å². The van der Waals surface area contributed by atoms with Gasteiger partial charge in [-0.25, -0.2) is 5.43 Å². The van der Waals surface area contributed by atoms with Crippen LogP contribution in [0.3, 0.4) is 0 Å². The molecule has 3 aromatic rings. The minimum Gasteiger partial charge on any atom is -0.267 e. The third kappa shape index (κ3) is 5.40. The first-order valence-corrected chi connectivity index (χ1v) is 9.84. The maximum absolute atomic E-state index is 12.6. The smallest absolute Gasteiger partial charge is 0.267 e. The van der Waals surface area contributed by atoms with Crippen molar-refractivity contribution in [2.45, 2.75) is 32.6 Å². The molecular formula is C25H26N2O. The molecule has 0 saturated heterocycles. The molecular weight excluding hydrogens is 344 g/mol. The minimum atomic E-state index is -0.194. The van der Waals surface area contributed by atoms with E-state index in [0.29, 0.717) is 5.56 Å². The predicted octanol–water partition coefficient (Wildman–Crippen LogP) is 6.22. The van der Waals surface area contributed by atoms with Crippen molar-refractivity contribution >= 4 is 29.0 Å². The topological polar surface area (TPSA) is 41.5 Å². The van der Waals surface area contributed by atoms with Crippen LogP contribution in [0.2, 0.25) is 0 Å². The molecule has 142 valence electrons. The van der Waals surface area contributed by atoms with Crippen LogP contribution in [0, 0.1) is 0 Å². The van der Waals surface area contributed by atoms with Crippen LogP contribution in [0.25, 0.3) is 16.8 Å². The molecule has 0 unspecified atom stereocenters. The van der Waals surface area contributed by atoms with Crippen molar-refractivity contribution in [2.75, 3.05) is 0 Å². The van der Waals surface area contributed by atoms with Gasteiger partial charge in [0.1, 0.15) is 0 Å². The quantitative estimate of drug-likeness (QED) is 0.285. The maximum atomic E-state index is 12.6. The first-order valence-electron chi connectivity index (χ1n) is 9.84. The number of hydrazone groups is 1. The van der Waals surface area contributed by atoms with E-state index in [2.05, 4.69) is 35.7 Å². The zero-order chi connectivity index (χ0) is 19.6. The molecule has 0 heterocycles. The fraction of sp³-hybridized carbons (Fsp3) is 0.200. The molecule has 3 heteroatoms. The maximum Gasteiger partial charge on any atom is 0.271 e. The lowest BCUT2D eigenvalue weighted by Crippen LogP contribution is -2.18. The van der Waals surface area contributed by atoms with Crippen LogP contribution < -0.4 is 5.43 Å². The highest BCUT2D eigenvalue weighted by Crippen LogP contribution is 2.18. The summed E-state index contributed by atoms with van der Waals surface area (Å²) in [5.74, 6) is -0.194. The van der Waals surface area contributed by atoms with Gasteiger partial charge in [-0.05, 0) is 40.8 Å². The van der Waals surface area contributed by atoms with Crippen LogP contribution in [0.15, 0.2) is 83.5 Å². The summed E-state index contributed by atoms with van der Waals surface area (Å²) in [5, 5.41) is 6.21. The lowest BCUT2D eigenvalue weighted by atomic mass is 10.0. The number of rotatable bonds is 8. The molecule has 0 aromatic heterocycles. The Morgan fingerprint density at radius 2 is 1.68 bits per heavy atom. The van der Waals surface area contributed by atoms with Gasteiger partial charge in [-0.1, -0.05) is 92.6 Å². The largest absolute Gasteiger partial charge is 0.271 e. The van der Waals surface area contributed by atoms with Crippen LogP contribution in [0.5, 0.6) is 0 Å². The Balaban J connectivity index is 1.73. The van der Waals surface area contributed by atoms with E-state index in [9.17, 15) is 4.79 Å². The average Bonchev–Trinajstić information content (AvgIpc) is 2.74. The second kappa shape index (κ2) is 10.2. The van der Waals surface area contributed by atoms with E-state index in [-0.39, 0.29) is 5.91 Å². The van der Waals surface area contributed by atoms with Crippen molar-refractivity contribution in [3.05, 3.63) is 89.5 Å². The number of amides is 1. The molecule has 0 aliphatic heterocycles. The average molecular weight is 370 g/mol. The Morgan fingerprint density at radius 3 is 2.50 bits per heavy atom. The minimum absolute atomic E-state index is 0.194. The first-order chi connectivity index (χ1) is 13.8. The van der Waals surface area contributed by atoms with E-state index in [1.165, 1.54) is 12.8 Å². The Labute approximate surface area is 166 Å². The van der Waals surface area contributed by atoms with Crippen LogP contribution >= 0.6 is 0 Å². The van der Waals surface area contributed by atoms with Gasteiger partial charge in [0, 0.05) is 5.56 Å². The zero-order valence-corrected chi connectivity index (χ0v) is 16.3. The van der Waals surface area contributed by atoms with Gasteiger partial charge in [-0.2, -0.15) is 5.10 Å². The second-order valence-electron chi connectivity index (χ2n) is 6.81. The van der Waals surface area contributed by atoms with Gasteiger partial charge in [-0.15, -0.1) is 0 Å². The molecule has 0 fully saturated rings. The molecule has 3 nitrogen and oxygen atoms in total. The molecule has 0 aliphatic carbocycles. The molecule has 0 radical (unpaired) electrons. The third-order valence-electron chi connectivity index (χ3n) is 4.65. The molecule has 0 saturated carbocycles. The van der Waals surface area contributed by atoms with Crippen LogP contribution in [-0.2, 0) is 0 Å². The Bertz CT molecular complexity index is 969. The van der Waals surface area contributed by atoms with Crippen molar-refractivity contribution in [1.29, 1.82) is 0 Å². The Kier molecular flexibility index (Phi) is 7.14. The summed E-state index contributed by atoms with van der Waals surface area (Å²) in [5.41, 5.74) is 5.57. The van der Waals surface area contributed by atoms with E-state index >= 15 is 0 Å². The van der Waals surface area contributed by atoms with Gasteiger partial charge < -0.3 is 0 Å². The van der Waals surface area contributed by atoms with Gasteiger partial charge in [0.2, 0.25) is 0 Å². The van der Waals surface area contributed by atoms with Crippen LogP contribution in [0.4, 0.5) is 0 Å². The summed E-state index contributed by atoms with van der Waals surface area (Å²) < 4.78 is 0. The Morgan fingerprint density at radius 1 is 0.929 bits per heavy atom. The molecule has 1 N–H and O–H groups in total. The fourth-order valence-electron chi connectivity index (χ4n) is 3.17. The van der Waals surface area contributed by atoms with E-state index in [1.807, 2.05) is 60.7 Å². The molecule has 0 spiro atoms. The number of fused-ring (bicyclic) bond motifs is 1. The number of hydrogen-bond acceptors (Lipinski definition) is 2. The number of hydrogen-bond donors (Lipinski definition) is 1. The van der Waals surface area contributed by atoms with Crippen molar-refractivity contribution in [1.82, 2.24) is 5.43 Å². The van der Waals surface area contributed by atoms with Crippen molar-refractivity contribution in [3.8, 4) is 0 Å².